The smallest absolute Gasteiger partial charge is 0.305 e. The van der Waals surface area contributed by atoms with Crippen LogP contribution in [0.25, 0.3) is 0 Å². The summed E-state index contributed by atoms with van der Waals surface area (Å²) < 4.78 is 4.60. The first kappa shape index (κ1) is 14.8. The number of nitrogens with zero attached hydrogens (tertiary/aromatic N) is 1. The van der Waals surface area contributed by atoms with E-state index >= 15 is 0 Å². The van der Waals surface area contributed by atoms with Crippen molar-refractivity contribution in [2.75, 3.05) is 12.4 Å². The van der Waals surface area contributed by atoms with Gasteiger partial charge in [-0.3, -0.25) is 4.79 Å². The molecule has 2 rings (SSSR count). The maximum Gasteiger partial charge on any atom is 0.305 e. The first-order chi connectivity index (χ1) is 9.67. The molecule has 0 aliphatic carbocycles. The maximum absolute atomic E-state index is 11.1. The number of aromatic nitrogens is 1. The Kier molecular flexibility index (Phi) is 5.38. The van der Waals surface area contributed by atoms with Crippen LogP contribution in [0.5, 0.6) is 0 Å². The number of methoxy groups -OCH3 is 1. The standard InChI is InChI=1S/C14H15ClN2O2S/c1-19-13(18)7-6-12-9-20-14(17-12)16-8-10-2-4-11(15)5-3-10/h2-5,9H,6-8H2,1H3,(H,16,17). The molecule has 1 aromatic heterocycles. The Labute approximate surface area is 126 Å². The van der Waals surface area contributed by atoms with E-state index in [0.29, 0.717) is 19.4 Å². The number of ether oxygens (including phenoxy) is 1. The second kappa shape index (κ2) is 7.26. The largest absolute Gasteiger partial charge is 0.469 e. The summed E-state index contributed by atoms with van der Waals surface area (Å²) in [6, 6.07) is 7.67. The summed E-state index contributed by atoms with van der Waals surface area (Å²) in [4.78, 5) is 15.5. The van der Waals surface area contributed by atoms with Crippen LogP contribution in [0.3, 0.4) is 0 Å². The van der Waals surface area contributed by atoms with Crippen molar-refractivity contribution >= 4 is 34.0 Å². The molecule has 1 aromatic carbocycles. The molecule has 1 heterocycles. The van der Waals surface area contributed by atoms with Gasteiger partial charge in [0.1, 0.15) is 0 Å². The molecule has 0 fully saturated rings. The third-order valence-electron chi connectivity index (χ3n) is 2.72. The van der Waals surface area contributed by atoms with Crippen LogP contribution in [0.15, 0.2) is 29.6 Å². The first-order valence-corrected chi connectivity index (χ1v) is 7.42. The number of hydrogen-bond donors (Lipinski definition) is 1. The summed E-state index contributed by atoms with van der Waals surface area (Å²) in [6.45, 7) is 0.696. The Morgan fingerprint density at radius 1 is 1.40 bits per heavy atom. The molecule has 0 bridgehead atoms. The van der Waals surface area contributed by atoms with Gasteiger partial charge in [-0.1, -0.05) is 23.7 Å². The van der Waals surface area contributed by atoms with E-state index in [0.717, 1.165) is 21.4 Å². The predicted molar refractivity (Wildman–Crippen MR) is 81.2 cm³/mol. The van der Waals surface area contributed by atoms with E-state index in [4.69, 9.17) is 11.6 Å². The molecule has 0 aliphatic rings. The van der Waals surface area contributed by atoms with Crippen LogP contribution in [0.4, 0.5) is 5.13 Å². The van der Waals surface area contributed by atoms with Crippen molar-refractivity contribution in [3.63, 3.8) is 0 Å². The highest BCUT2D eigenvalue weighted by Crippen LogP contribution is 2.18. The number of nitrogens with one attached hydrogen (secondary N) is 1. The molecule has 4 nitrogen and oxygen atoms in total. The molecule has 0 unspecified atom stereocenters. The van der Waals surface area contributed by atoms with Crippen LogP contribution < -0.4 is 5.32 Å². The van der Waals surface area contributed by atoms with Crippen molar-refractivity contribution in [3.8, 4) is 0 Å². The number of benzene rings is 1. The molecule has 0 aliphatic heterocycles. The van der Waals surface area contributed by atoms with Gasteiger partial charge in [-0.25, -0.2) is 4.98 Å². The Morgan fingerprint density at radius 2 is 2.15 bits per heavy atom. The van der Waals surface area contributed by atoms with Crippen LogP contribution in [-0.2, 0) is 22.5 Å². The Hall–Kier alpha value is -1.59. The maximum atomic E-state index is 11.1. The normalized spacial score (nSPS) is 10.3. The fourth-order valence-electron chi connectivity index (χ4n) is 1.62. The zero-order chi connectivity index (χ0) is 14.4. The lowest BCUT2D eigenvalue weighted by Gasteiger charge is -2.02. The van der Waals surface area contributed by atoms with Gasteiger partial charge >= 0.3 is 5.97 Å². The fourth-order valence-corrected chi connectivity index (χ4v) is 2.48. The van der Waals surface area contributed by atoms with Gasteiger partial charge in [0.05, 0.1) is 19.2 Å². The van der Waals surface area contributed by atoms with Gasteiger partial charge in [-0.05, 0) is 17.7 Å². The molecule has 0 saturated heterocycles. The van der Waals surface area contributed by atoms with Crippen molar-refractivity contribution < 1.29 is 9.53 Å². The lowest BCUT2D eigenvalue weighted by Crippen LogP contribution is -2.02. The number of hydrogen-bond acceptors (Lipinski definition) is 5. The van der Waals surface area contributed by atoms with Gasteiger partial charge in [0, 0.05) is 23.4 Å². The number of carbonyl (C=O) groups excluding carboxylic acids is 1. The Balaban J connectivity index is 1.83. The van der Waals surface area contributed by atoms with Crippen LogP contribution in [-0.4, -0.2) is 18.1 Å². The van der Waals surface area contributed by atoms with Crippen LogP contribution >= 0.6 is 22.9 Å². The third-order valence-corrected chi connectivity index (χ3v) is 3.82. The van der Waals surface area contributed by atoms with E-state index in [1.807, 2.05) is 29.6 Å². The van der Waals surface area contributed by atoms with Crippen molar-refractivity contribution in [3.05, 3.63) is 45.9 Å². The number of halogens is 1. The first-order valence-electron chi connectivity index (χ1n) is 6.17. The quantitative estimate of drug-likeness (QED) is 0.830. The Bertz CT molecular complexity index is 569. The molecule has 2 aromatic rings. The van der Waals surface area contributed by atoms with E-state index in [2.05, 4.69) is 15.0 Å². The highest BCUT2D eigenvalue weighted by molar-refractivity contribution is 7.13. The second-order valence-electron chi connectivity index (χ2n) is 4.20. The van der Waals surface area contributed by atoms with E-state index in [1.165, 1.54) is 18.4 Å². The molecular formula is C14H15ClN2O2S. The van der Waals surface area contributed by atoms with E-state index < -0.39 is 0 Å². The SMILES string of the molecule is COC(=O)CCc1csc(NCc2ccc(Cl)cc2)n1. The van der Waals surface area contributed by atoms with Gasteiger partial charge in [-0.2, -0.15) is 0 Å². The zero-order valence-electron chi connectivity index (χ0n) is 11.1. The number of carbonyl (C=O) groups is 1. The number of anilines is 1. The summed E-state index contributed by atoms with van der Waals surface area (Å²) >= 11 is 7.37. The number of thiazole rings is 1. The van der Waals surface area contributed by atoms with Gasteiger partial charge in [-0.15, -0.1) is 11.3 Å². The summed E-state index contributed by atoms with van der Waals surface area (Å²) in [5.41, 5.74) is 2.04. The van der Waals surface area contributed by atoms with Crippen molar-refractivity contribution in [1.82, 2.24) is 4.98 Å². The van der Waals surface area contributed by atoms with Crippen LogP contribution in [0.2, 0.25) is 5.02 Å². The average molecular weight is 311 g/mol. The molecule has 0 amide bonds. The minimum Gasteiger partial charge on any atom is -0.469 e. The van der Waals surface area contributed by atoms with E-state index in [1.54, 1.807) is 0 Å². The second-order valence-corrected chi connectivity index (χ2v) is 5.49. The van der Waals surface area contributed by atoms with Crippen molar-refractivity contribution in [2.24, 2.45) is 0 Å². The molecule has 0 radical (unpaired) electrons. The minimum absolute atomic E-state index is 0.214. The number of aryl methyl sites for hydroxylation is 1. The number of esters is 1. The molecular weight excluding hydrogens is 296 g/mol. The molecule has 106 valence electrons. The van der Waals surface area contributed by atoms with Crippen LogP contribution in [0.1, 0.15) is 17.7 Å². The zero-order valence-corrected chi connectivity index (χ0v) is 12.6. The van der Waals surface area contributed by atoms with Crippen LogP contribution in [0, 0.1) is 0 Å². The highest BCUT2D eigenvalue weighted by Gasteiger charge is 2.05. The van der Waals surface area contributed by atoms with E-state index in [-0.39, 0.29) is 5.97 Å². The van der Waals surface area contributed by atoms with Gasteiger partial charge in [0.25, 0.3) is 0 Å². The molecule has 20 heavy (non-hydrogen) atoms. The molecule has 0 atom stereocenters. The molecule has 1 N–H and O–H groups in total. The summed E-state index contributed by atoms with van der Waals surface area (Å²) in [6.07, 6.45) is 0.961. The van der Waals surface area contributed by atoms with Crippen molar-refractivity contribution in [2.45, 2.75) is 19.4 Å². The third kappa shape index (κ3) is 4.51. The highest BCUT2D eigenvalue weighted by atomic mass is 35.5. The summed E-state index contributed by atoms with van der Waals surface area (Å²) in [5.74, 6) is -0.214. The summed E-state index contributed by atoms with van der Waals surface area (Å²) in [7, 11) is 1.39. The number of rotatable bonds is 6. The average Bonchev–Trinajstić information content (AvgIpc) is 2.92. The predicted octanol–water partition coefficient (Wildman–Crippen LogP) is 3.51. The fraction of sp³-hybridized carbons (Fsp3) is 0.286. The molecule has 0 spiro atoms. The van der Waals surface area contributed by atoms with Gasteiger partial charge in [0.15, 0.2) is 5.13 Å². The van der Waals surface area contributed by atoms with Crippen molar-refractivity contribution in [1.29, 1.82) is 0 Å². The molecule has 6 heteroatoms. The topological polar surface area (TPSA) is 51.2 Å². The van der Waals surface area contributed by atoms with E-state index in [9.17, 15) is 4.79 Å². The molecule has 0 saturated carbocycles. The summed E-state index contributed by atoms with van der Waals surface area (Å²) in [5, 5.41) is 6.78. The minimum atomic E-state index is -0.214. The van der Waals surface area contributed by atoms with Gasteiger partial charge in [0.2, 0.25) is 0 Å². The Morgan fingerprint density at radius 3 is 2.85 bits per heavy atom. The monoisotopic (exact) mass is 310 g/mol. The van der Waals surface area contributed by atoms with Gasteiger partial charge < -0.3 is 10.1 Å². The lowest BCUT2D eigenvalue weighted by atomic mass is 10.2. The lowest BCUT2D eigenvalue weighted by molar-refractivity contribution is -0.140.